The molecular weight excluding hydrogens is 597 g/mol. The molecule has 0 unspecified atom stereocenters. The van der Waals surface area contributed by atoms with Crippen molar-refractivity contribution < 1.29 is 45.0 Å². The molecule has 0 aliphatic heterocycles. The summed E-state index contributed by atoms with van der Waals surface area (Å²) in [5.41, 5.74) is -2.15. The summed E-state index contributed by atoms with van der Waals surface area (Å²) in [4.78, 5) is 16.6. The molecule has 39 heavy (non-hydrogen) atoms. The van der Waals surface area contributed by atoms with Crippen LogP contribution in [0.25, 0.3) is 16.9 Å². The third-order valence-electron chi connectivity index (χ3n) is 4.97. The zero-order valence-electron chi connectivity index (χ0n) is 19.0. The topological polar surface area (TPSA) is 135 Å². The fourth-order valence-electron chi connectivity index (χ4n) is 3.22. The summed E-state index contributed by atoms with van der Waals surface area (Å²) in [6.07, 6.45) is -7.95. The van der Waals surface area contributed by atoms with E-state index in [-0.39, 0.29) is 43.4 Å². The van der Waals surface area contributed by atoms with Gasteiger partial charge in [-0.2, -0.15) is 18.3 Å². The zero-order chi connectivity index (χ0) is 28.5. The number of fused-ring (bicyclic) bond motifs is 1. The third kappa shape index (κ3) is 6.27. The second-order valence-corrected chi connectivity index (χ2v) is 11.2. The number of hydrogen-bond donors (Lipinski definition) is 3. The van der Waals surface area contributed by atoms with Crippen LogP contribution in [-0.4, -0.2) is 47.4 Å². The fourth-order valence-corrected chi connectivity index (χ4v) is 5.93. The second kappa shape index (κ2) is 11.0. The van der Waals surface area contributed by atoms with E-state index in [4.69, 9.17) is 21.4 Å². The number of aliphatic hydroxyl groups is 1. The molecule has 0 atom stereocenters. The summed E-state index contributed by atoms with van der Waals surface area (Å²) >= 11 is 6.63. The number of nitrogens with zero attached hydrogens (tertiary/aromatic N) is 3. The van der Waals surface area contributed by atoms with Gasteiger partial charge in [-0.15, -0.1) is 11.3 Å². The number of amides is 1. The van der Waals surface area contributed by atoms with E-state index < -0.39 is 46.6 Å². The van der Waals surface area contributed by atoms with E-state index >= 15 is 0 Å². The van der Waals surface area contributed by atoms with E-state index in [1.54, 1.807) is 0 Å². The Morgan fingerprint density at radius 2 is 1.90 bits per heavy atom. The van der Waals surface area contributed by atoms with Gasteiger partial charge in [0.1, 0.15) is 14.2 Å². The van der Waals surface area contributed by atoms with Crippen LogP contribution in [0.1, 0.15) is 17.7 Å². The van der Waals surface area contributed by atoms with Crippen LogP contribution in [0, 0.1) is 0 Å². The first-order chi connectivity index (χ1) is 18.3. The minimum atomic E-state index is -4.60. The number of anilines is 1. The Balaban J connectivity index is 1.62. The molecule has 1 aromatic carbocycles. The molecule has 3 heterocycles. The van der Waals surface area contributed by atoms with Crippen LogP contribution in [-0.2, 0) is 16.2 Å². The maximum Gasteiger partial charge on any atom is 0.417 e. The maximum atomic E-state index is 13.8. The molecule has 1 amide bonds. The SMILES string of the molecule is O=C(Nc1cc(S(=O)(=O)NCCO)sc1Cl)Oc1cnn2c(C(F)F)cc(-c3ccc(C(F)(F)F)cc3)nc12. The smallest absolute Gasteiger partial charge is 0.404 e. The number of halogens is 6. The highest BCUT2D eigenvalue weighted by molar-refractivity contribution is 7.91. The third-order valence-corrected chi connectivity index (χ3v) is 8.26. The van der Waals surface area contributed by atoms with Gasteiger partial charge in [0.2, 0.25) is 10.0 Å². The highest BCUT2D eigenvalue weighted by Crippen LogP contribution is 2.36. The highest BCUT2D eigenvalue weighted by atomic mass is 35.5. The minimum absolute atomic E-state index is 0.0811. The second-order valence-electron chi connectivity index (χ2n) is 7.57. The number of hydrogen-bond acceptors (Lipinski definition) is 8. The van der Waals surface area contributed by atoms with Crippen molar-refractivity contribution in [2.45, 2.75) is 16.8 Å². The molecule has 0 saturated carbocycles. The van der Waals surface area contributed by atoms with Gasteiger partial charge in [-0.3, -0.25) is 5.32 Å². The predicted molar refractivity (Wildman–Crippen MR) is 130 cm³/mol. The number of alkyl halides is 5. The van der Waals surface area contributed by atoms with Crippen LogP contribution in [0.2, 0.25) is 4.34 Å². The average Bonchev–Trinajstić information content (AvgIpc) is 3.45. The molecule has 0 saturated heterocycles. The number of sulfonamides is 1. The lowest BCUT2D eigenvalue weighted by molar-refractivity contribution is -0.137. The van der Waals surface area contributed by atoms with Crippen molar-refractivity contribution in [3.63, 3.8) is 0 Å². The number of carbonyl (C=O) groups is 1. The van der Waals surface area contributed by atoms with Crippen LogP contribution < -0.4 is 14.8 Å². The van der Waals surface area contributed by atoms with Gasteiger partial charge in [0.25, 0.3) is 6.43 Å². The van der Waals surface area contributed by atoms with Crippen molar-refractivity contribution in [3.05, 3.63) is 58.2 Å². The lowest BCUT2D eigenvalue weighted by atomic mass is 10.1. The largest absolute Gasteiger partial charge is 0.417 e. The molecule has 4 rings (SSSR count). The van der Waals surface area contributed by atoms with Crippen molar-refractivity contribution >= 4 is 50.4 Å². The van der Waals surface area contributed by atoms with Crippen LogP contribution >= 0.6 is 22.9 Å². The van der Waals surface area contributed by atoms with Crippen molar-refractivity contribution in [1.29, 1.82) is 0 Å². The Morgan fingerprint density at radius 3 is 2.51 bits per heavy atom. The summed E-state index contributed by atoms with van der Waals surface area (Å²) in [6, 6.07) is 5.63. The number of aliphatic hydroxyl groups excluding tert-OH is 1. The van der Waals surface area contributed by atoms with E-state index in [0.717, 1.165) is 42.6 Å². The van der Waals surface area contributed by atoms with E-state index in [9.17, 15) is 35.2 Å². The molecule has 18 heteroatoms. The Bertz CT molecular complexity index is 1620. The first-order valence-electron chi connectivity index (χ1n) is 10.5. The number of ether oxygens (including phenoxy) is 1. The first kappa shape index (κ1) is 28.6. The van der Waals surface area contributed by atoms with Crippen LogP contribution in [0.5, 0.6) is 5.75 Å². The quantitative estimate of drug-likeness (QED) is 0.240. The monoisotopic (exact) mass is 611 g/mol. The number of thiophene rings is 1. The van der Waals surface area contributed by atoms with Crippen LogP contribution in [0.3, 0.4) is 0 Å². The van der Waals surface area contributed by atoms with Crippen LogP contribution in [0.15, 0.2) is 46.8 Å². The first-order valence-corrected chi connectivity index (χ1v) is 13.2. The van der Waals surface area contributed by atoms with Gasteiger partial charge in [-0.05, 0) is 24.3 Å². The number of benzene rings is 1. The van der Waals surface area contributed by atoms with Gasteiger partial charge >= 0.3 is 12.3 Å². The number of rotatable bonds is 8. The molecule has 0 fully saturated rings. The van der Waals surface area contributed by atoms with Gasteiger partial charge < -0.3 is 9.84 Å². The van der Waals surface area contributed by atoms with Crippen molar-refractivity contribution in [2.75, 3.05) is 18.5 Å². The average molecular weight is 612 g/mol. The Morgan fingerprint density at radius 1 is 1.21 bits per heavy atom. The molecule has 0 bridgehead atoms. The summed E-state index contributed by atoms with van der Waals surface area (Å²) in [7, 11) is -4.02. The molecule has 4 aromatic rings. The summed E-state index contributed by atoms with van der Waals surface area (Å²) in [5.74, 6) is -0.382. The van der Waals surface area contributed by atoms with Gasteiger partial charge in [0.05, 0.1) is 29.7 Å². The van der Waals surface area contributed by atoms with E-state index in [2.05, 4.69) is 20.1 Å². The van der Waals surface area contributed by atoms with E-state index in [0.29, 0.717) is 15.9 Å². The molecule has 0 spiro atoms. The predicted octanol–water partition coefficient (Wildman–Crippen LogP) is 4.95. The fraction of sp³-hybridized carbons (Fsp3) is 0.190. The summed E-state index contributed by atoms with van der Waals surface area (Å²) < 4.78 is 98.1. The van der Waals surface area contributed by atoms with E-state index in [1.165, 1.54) is 0 Å². The molecular formula is C21H15ClF5N5O5S2. The Labute approximate surface area is 225 Å². The van der Waals surface area contributed by atoms with Crippen molar-refractivity contribution in [3.8, 4) is 17.0 Å². The van der Waals surface area contributed by atoms with Gasteiger partial charge in [-0.25, -0.2) is 36.2 Å². The Kier molecular flexibility index (Phi) is 8.08. The zero-order valence-corrected chi connectivity index (χ0v) is 21.4. The molecule has 208 valence electrons. The number of aromatic nitrogens is 3. The van der Waals surface area contributed by atoms with Gasteiger partial charge in [-0.1, -0.05) is 23.7 Å². The van der Waals surface area contributed by atoms with Gasteiger partial charge in [0, 0.05) is 12.1 Å². The lowest BCUT2D eigenvalue weighted by Crippen LogP contribution is -2.25. The molecule has 3 N–H and O–H groups in total. The maximum absolute atomic E-state index is 13.8. The lowest BCUT2D eigenvalue weighted by Gasteiger charge is -2.10. The molecule has 0 aliphatic carbocycles. The Hall–Kier alpha value is -3.38. The molecule has 10 nitrogen and oxygen atoms in total. The summed E-state index contributed by atoms with van der Waals surface area (Å²) in [5, 5.41) is 14.8. The van der Waals surface area contributed by atoms with Crippen molar-refractivity contribution in [2.24, 2.45) is 0 Å². The van der Waals surface area contributed by atoms with Crippen LogP contribution in [0.4, 0.5) is 32.4 Å². The minimum Gasteiger partial charge on any atom is -0.404 e. The normalized spacial score (nSPS) is 12.3. The molecule has 0 radical (unpaired) electrons. The number of nitrogens with one attached hydrogen (secondary N) is 2. The molecule has 3 aromatic heterocycles. The number of carbonyl (C=O) groups excluding carboxylic acids is 1. The van der Waals surface area contributed by atoms with Crippen molar-refractivity contribution in [1.82, 2.24) is 19.3 Å². The van der Waals surface area contributed by atoms with E-state index in [1.807, 2.05) is 0 Å². The standard InChI is InChI=1S/C21H15ClF5N5O5S2/c22-17-13(8-16(38-17)39(35,36)29-5-6-33)31-20(34)37-15-9-28-32-14(18(23)24)7-12(30-19(15)32)10-1-3-11(4-2-10)21(25,26)27/h1-4,7-9,18,29,33H,5-6H2,(H,31,34). The summed E-state index contributed by atoms with van der Waals surface area (Å²) in [6.45, 7) is -0.698. The van der Waals surface area contributed by atoms with Gasteiger partial charge in [0.15, 0.2) is 11.4 Å². The highest BCUT2D eigenvalue weighted by Gasteiger charge is 2.30. The molecule has 0 aliphatic rings.